The largest absolute Gasteiger partial charge is 0.476 e. The molecular formula is C33H36N4O3. The minimum Gasteiger partial charge on any atom is -0.476 e. The molecule has 3 heterocycles. The standard InChI is InChI=1S/C33H36N4O3/c1-5-6-18-37-30(34-28-16-17-29(33(38)39-4)36-32(28)37)20-24-11-14-25(15-12-24)27-8-7-9-31(35-27)40-21-26-13-10-22(2)19-23(26)3/h8,10,13-14,16-17,19,24H,7,9,11-12,15,18,20-21H2,1-4H3. The first-order chi connectivity index (χ1) is 19.4. The third-order valence-corrected chi connectivity index (χ3v) is 7.63. The number of esters is 1. The number of aromatic nitrogens is 3. The number of fused-ring (bicyclic) bond motifs is 1. The van der Waals surface area contributed by atoms with E-state index in [1.165, 1.54) is 29.4 Å². The summed E-state index contributed by atoms with van der Waals surface area (Å²) in [5.74, 6) is 7.87. The molecule has 7 nitrogen and oxygen atoms in total. The first-order valence-electron chi connectivity index (χ1n) is 13.9. The number of rotatable bonds is 7. The fraction of sp³-hybridized carbons (Fsp3) is 0.394. The number of benzene rings is 1. The lowest BCUT2D eigenvalue weighted by atomic mass is 9.85. The monoisotopic (exact) mass is 536 g/mol. The zero-order valence-corrected chi connectivity index (χ0v) is 23.8. The summed E-state index contributed by atoms with van der Waals surface area (Å²) in [7, 11) is 1.36. The van der Waals surface area contributed by atoms with Crippen molar-refractivity contribution in [3.8, 4) is 11.8 Å². The van der Waals surface area contributed by atoms with E-state index in [0.29, 0.717) is 24.7 Å². The molecule has 3 aromatic rings. The number of allylic oxidation sites excluding steroid dienone is 3. The Morgan fingerprint density at radius 2 is 2.00 bits per heavy atom. The average Bonchev–Trinajstić information content (AvgIpc) is 3.31. The molecule has 0 radical (unpaired) electrons. The van der Waals surface area contributed by atoms with Crippen LogP contribution in [0.3, 0.4) is 0 Å². The molecule has 0 bridgehead atoms. The summed E-state index contributed by atoms with van der Waals surface area (Å²) in [6, 6.07) is 9.96. The van der Waals surface area contributed by atoms with Gasteiger partial charge in [-0.25, -0.2) is 19.8 Å². The van der Waals surface area contributed by atoms with E-state index in [0.717, 1.165) is 61.5 Å². The van der Waals surface area contributed by atoms with Crippen molar-refractivity contribution in [2.45, 2.75) is 72.4 Å². The highest BCUT2D eigenvalue weighted by Crippen LogP contribution is 2.33. The molecule has 0 fully saturated rings. The second kappa shape index (κ2) is 12.3. The van der Waals surface area contributed by atoms with Crippen LogP contribution in [0, 0.1) is 31.6 Å². The molecule has 0 amide bonds. The van der Waals surface area contributed by atoms with E-state index in [9.17, 15) is 4.79 Å². The summed E-state index contributed by atoms with van der Waals surface area (Å²) in [5, 5.41) is 0. The zero-order chi connectivity index (χ0) is 28.1. The van der Waals surface area contributed by atoms with Gasteiger partial charge < -0.3 is 14.0 Å². The molecule has 0 saturated heterocycles. The number of methoxy groups -OCH3 is 1. The van der Waals surface area contributed by atoms with Gasteiger partial charge in [-0.15, -0.1) is 5.92 Å². The van der Waals surface area contributed by atoms with E-state index in [1.807, 2.05) is 17.6 Å². The number of pyridine rings is 1. The molecule has 206 valence electrons. The summed E-state index contributed by atoms with van der Waals surface area (Å²) in [6.45, 7) is 7.10. The van der Waals surface area contributed by atoms with E-state index < -0.39 is 5.97 Å². The van der Waals surface area contributed by atoms with Crippen molar-refractivity contribution in [3.05, 3.63) is 82.0 Å². The summed E-state index contributed by atoms with van der Waals surface area (Å²) in [5.41, 5.74) is 7.80. The number of nitrogens with zero attached hydrogens (tertiary/aromatic N) is 4. The Morgan fingerprint density at radius 1 is 1.12 bits per heavy atom. The maximum absolute atomic E-state index is 12.0. The number of aryl methyl sites for hydroxylation is 2. The third kappa shape index (κ3) is 6.17. The fourth-order valence-corrected chi connectivity index (χ4v) is 5.36. The van der Waals surface area contributed by atoms with E-state index in [1.54, 1.807) is 6.07 Å². The third-order valence-electron chi connectivity index (χ3n) is 7.63. The molecule has 0 N–H and O–H groups in total. The van der Waals surface area contributed by atoms with Crippen LogP contribution in [-0.4, -0.2) is 33.5 Å². The molecule has 0 saturated carbocycles. The van der Waals surface area contributed by atoms with Crippen molar-refractivity contribution in [3.63, 3.8) is 0 Å². The summed E-state index contributed by atoms with van der Waals surface area (Å²) in [6.07, 6.45) is 10.2. The molecule has 1 atom stereocenters. The molecule has 5 rings (SSSR count). The minimum absolute atomic E-state index is 0.274. The van der Waals surface area contributed by atoms with Gasteiger partial charge in [0.15, 0.2) is 17.2 Å². The predicted octanol–water partition coefficient (Wildman–Crippen LogP) is 6.42. The van der Waals surface area contributed by atoms with Gasteiger partial charge in [-0.2, -0.15) is 0 Å². The van der Waals surface area contributed by atoms with Crippen LogP contribution >= 0.6 is 0 Å². The Labute approximate surface area is 236 Å². The molecule has 7 heteroatoms. The lowest BCUT2D eigenvalue weighted by Gasteiger charge is -2.23. The Morgan fingerprint density at radius 3 is 2.75 bits per heavy atom. The number of aliphatic imine (C=N–C) groups is 1. The Kier molecular flexibility index (Phi) is 8.45. The number of hydrogen-bond acceptors (Lipinski definition) is 6. The van der Waals surface area contributed by atoms with Gasteiger partial charge in [0.05, 0.1) is 19.4 Å². The molecule has 1 aliphatic heterocycles. The molecular weight excluding hydrogens is 500 g/mol. The maximum atomic E-state index is 12.0. The van der Waals surface area contributed by atoms with E-state index in [2.05, 4.69) is 61.0 Å². The first-order valence-corrected chi connectivity index (χ1v) is 13.9. The first kappa shape index (κ1) is 27.4. The van der Waals surface area contributed by atoms with Gasteiger partial charge in [-0.1, -0.05) is 41.8 Å². The molecule has 1 unspecified atom stereocenters. The Hall–Kier alpha value is -4.18. The summed E-state index contributed by atoms with van der Waals surface area (Å²) in [4.78, 5) is 26.4. The highest BCUT2D eigenvalue weighted by Gasteiger charge is 2.22. The van der Waals surface area contributed by atoms with Crippen LogP contribution in [0.25, 0.3) is 11.2 Å². The highest BCUT2D eigenvalue weighted by atomic mass is 16.5. The van der Waals surface area contributed by atoms with E-state index >= 15 is 0 Å². The van der Waals surface area contributed by atoms with Gasteiger partial charge in [0, 0.05) is 12.8 Å². The smallest absolute Gasteiger partial charge is 0.356 e. The topological polar surface area (TPSA) is 78.6 Å². The van der Waals surface area contributed by atoms with Crippen molar-refractivity contribution in [2.75, 3.05) is 7.11 Å². The van der Waals surface area contributed by atoms with Gasteiger partial charge in [-0.05, 0) is 81.2 Å². The van der Waals surface area contributed by atoms with Gasteiger partial charge in [-0.3, -0.25) is 0 Å². The van der Waals surface area contributed by atoms with E-state index in [-0.39, 0.29) is 5.69 Å². The molecule has 0 spiro atoms. The summed E-state index contributed by atoms with van der Waals surface area (Å²) >= 11 is 0. The minimum atomic E-state index is -0.457. The van der Waals surface area contributed by atoms with Gasteiger partial charge in [0.2, 0.25) is 0 Å². The fourth-order valence-electron chi connectivity index (χ4n) is 5.36. The van der Waals surface area contributed by atoms with Crippen LogP contribution in [0.5, 0.6) is 0 Å². The van der Waals surface area contributed by atoms with Crippen LogP contribution in [0.2, 0.25) is 0 Å². The molecule has 2 aliphatic rings. The summed E-state index contributed by atoms with van der Waals surface area (Å²) < 4.78 is 13.0. The lowest BCUT2D eigenvalue weighted by Crippen LogP contribution is -2.15. The van der Waals surface area contributed by atoms with Crippen molar-refractivity contribution in [1.82, 2.24) is 14.5 Å². The Bertz CT molecular complexity index is 1580. The normalized spacial score (nSPS) is 16.9. The van der Waals surface area contributed by atoms with Crippen LogP contribution < -0.4 is 0 Å². The van der Waals surface area contributed by atoms with Gasteiger partial charge >= 0.3 is 5.97 Å². The van der Waals surface area contributed by atoms with Crippen molar-refractivity contribution in [2.24, 2.45) is 10.9 Å². The Balaban J connectivity index is 1.27. The predicted molar refractivity (Wildman–Crippen MR) is 157 cm³/mol. The van der Waals surface area contributed by atoms with Crippen molar-refractivity contribution < 1.29 is 14.3 Å². The average molecular weight is 537 g/mol. The second-order valence-corrected chi connectivity index (χ2v) is 10.5. The van der Waals surface area contributed by atoms with Crippen LogP contribution in [0.15, 0.2) is 58.7 Å². The van der Waals surface area contributed by atoms with Crippen LogP contribution in [-0.2, 0) is 29.0 Å². The van der Waals surface area contributed by atoms with Crippen LogP contribution in [0.4, 0.5) is 0 Å². The molecule has 1 aliphatic carbocycles. The van der Waals surface area contributed by atoms with Gasteiger partial charge in [0.25, 0.3) is 0 Å². The highest BCUT2D eigenvalue weighted by molar-refractivity contribution is 5.89. The quantitative estimate of drug-likeness (QED) is 0.257. The van der Waals surface area contributed by atoms with Crippen molar-refractivity contribution in [1.29, 1.82) is 0 Å². The number of ether oxygens (including phenoxy) is 2. The molecule has 40 heavy (non-hydrogen) atoms. The SMILES string of the molecule is CC#CCn1c(CC2CC=C(C3=CCCC(OCc4ccc(C)cc4C)=N3)CC2)nc2ccc(C(=O)OC)nc21. The molecule has 1 aromatic carbocycles. The van der Waals surface area contributed by atoms with Crippen LogP contribution in [0.1, 0.15) is 72.0 Å². The molecule has 2 aromatic heterocycles. The number of carbonyl (C=O) groups excluding carboxylic acids is 1. The lowest BCUT2D eigenvalue weighted by molar-refractivity contribution is 0.0594. The van der Waals surface area contributed by atoms with Crippen molar-refractivity contribution >= 4 is 23.0 Å². The number of hydrogen-bond donors (Lipinski definition) is 0. The van der Waals surface area contributed by atoms with E-state index in [4.69, 9.17) is 19.5 Å². The second-order valence-electron chi connectivity index (χ2n) is 10.5. The maximum Gasteiger partial charge on any atom is 0.356 e. The number of carbonyl (C=O) groups is 1. The zero-order valence-electron chi connectivity index (χ0n) is 23.8. The number of imidazole rings is 1. The van der Waals surface area contributed by atoms with Gasteiger partial charge in [0.1, 0.15) is 17.9 Å².